The lowest BCUT2D eigenvalue weighted by atomic mass is 10.1. The number of rotatable bonds is 19. The van der Waals surface area contributed by atoms with Crippen molar-refractivity contribution in [3.63, 3.8) is 0 Å². The first-order valence-corrected chi connectivity index (χ1v) is 50.2. The van der Waals surface area contributed by atoms with Crippen molar-refractivity contribution in [2.24, 2.45) is 29.6 Å². The third-order valence-electron chi connectivity index (χ3n) is 19.6. The first kappa shape index (κ1) is 119. The molecule has 131 heavy (non-hydrogen) atoms. The SMILES string of the molecule is C.C.CC(C)C1CCCO1.CC(C)Cc1ccc[nH]1.CC(C)Cc1ccco1.CC(C)Cc1cccs1.CC(C)Cc1ccsc1.CC(C)c1cc2ccccc2[nH]1.CC(C)c1cc2ccccc2o1.CC(C)c1ccc([N+](=O)[O-])o1.CC(C)c1ccc[nH]1.CC(C)c1ccccn1.CC(C)c1cccnc1.CC(C)c1cccs1.CC(C)c1ccoc1.CC(C)c1ccsc1. The number of thiophene rings is 4. The zero-order valence-corrected chi connectivity index (χ0v) is 86.6. The van der Waals surface area contributed by atoms with Gasteiger partial charge in [0.15, 0.2) is 0 Å². The van der Waals surface area contributed by atoms with E-state index >= 15 is 0 Å². The molecule has 0 spiro atoms. The van der Waals surface area contributed by atoms with Crippen LogP contribution in [0.2, 0.25) is 0 Å². The third kappa shape index (κ3) is 54.2. The molecule has 720 valence electrons. The molecule has 0 aliphatic carbocycles. The summed E-state index contributed by atoms with van der Waals surface area (Å²) >= 11 is 7.23. The van der Waals surface area contributed by atoms with Crippen molar-refractivity contribution in [2.45, 2.75) is 307 Å². The molecular weight excluding hydrogens is 1690 g/mol. The summed E-state index contributed by atoms with van der Waals surface area (Å²) in [4.78, 5) is 30.5. The maximum atomic E-state index is 10.1. The van der Waals surface area contributed by atoms with E-state index in [2.05, 4.69) is 334 Å². The van der Waals surface area contributed by atoms with Crippen molar-refractivity contribution in [1.82, 2.24) is 24.9 Å². The lowest BCUT2D eigenvalue weighted by Gasteiger charge is -2.11. The smallest absolute Gasteiger partial charge is 0.433 e. The summed E-state index contributed by atoms with van der Waals surface area (Å²) in [5.74, 6) is 11.4. The van der Waals surface area contributed by atoms with Crippen LogP contribution >= 0.6 is 45.3 Å². The average Bonchev–Trinajstić information content (AvgIpc) is 1.70. The van der Waals surface area contributed by atoms with E-state index in [1.54, 1.807) is 53.7 Å². The number of nitrogens with zero attached hydrogens (tertiary/aromatic N) is 3. The Balaban J connectivity index is 0.000000706. The highest BCUT2D eigenvalue weighted by Crippen LogP contribution is 2.27. The van der Waals surface area contributed by atoms with Crippen LogP contribution in [0, 0.1) is 39.7 Å². The normalized spacial score (nSPS) is 11.6. The molecule has 1 saturated heterocycles. The number of H-pyrrole nitrogens is 3. The lowest BCUT2D eigenvalue weighted by Crippen LogP contribution is -2.12. The van der Waals surface area contributed by atoms with Gasteiger partial charge in [-0.05, 0) is 278 Å². The highest BCUT2D eigenvalue weighted by Gasteiger charge is 2.18. The van der Waals surface area contributed by atoms with Gasteiger partial charge >= 0.3 is 5.88 Å². The number of hydrogen-bond acceptors (Lipinski definition) is 13. The molecular formula is C114H168N6O7S4. The molecule has 1 unspecified atom stereocenters. The molecule has 0 amide bonds. The highest BCUT2D eigenvalue weighted by molar-refractivity contribution is 7.10. The number of fused-ring (bicyclic) bond motifs is 2. The van der Waals surface area contributed by atoms with E-state index in [-0.39, 0.29) is 26.7 Å². The molecule has 14 heterocycles. The van der Waals surface area contributed by atoms with Crippen LogP contribution in [0.1, 0.15) is 347 Å². The van der Waals surface area contributed by atoms with Gasteiger partial charge in [-0.25, -0.2) is 0 Å². The number of benzene rings is 2. The predicted molar refractivity (Wildman–Crippen MR) is 573 cm³/mol. The van der Waals surface area contributed by atoms with E-state index in [1.165, 1.54) is 97.1 Å². The molecule has 2 aromatic carbocycles. The van der Waals surface area contributed by atoms with Crippen molar-refractivity contribution in [2.75, 3.05) is 6.61 Å². The van der Waals surface area contributed by atoms with E-state index in [0.717, 1.165) is 65.9 Å². The van der Waals surface area contributed by atoms with E-state index in [0.29, 0.717) is 65.1 Å². The zero-order valence-electron chi connectivity index (χ0n) is 83.3. The Bertz CT molecular complexity index is 4480. The minimum absolute atomic E-state index is 0. The monoisotopic (exact) mass is 1860 g/mol. The molecule has 0 radical (unpaired) electrons. The summed E-state index contributed by atoms with van der Waals surface area (Å²) in [5.41, 5.74) is 12.9. The van der Waals surface area contributed by atoms with Gasteiger partial charge in [-0.3, -0.25) is 20.1 Å². The molecule has 16 rings (SSSR count). The fraction of sp³-hybridized carbons (Fsp3) is 0.456. The fourth-order valence-corrected chi connectivity index (χ4v) is 15.2. The van der Waals surface area contributed by atoms with Crippen LogP contribution in [0.5, 0.6) is 0 Å². The van der Waals surface area contributed by atoms with Crippen LogP contribution in [0.4, 0.5) is 5.88 Å². The van der Waals surface area contributed by atoms with Gasteiger partial charge in [0.2, 0.25) is 0 Å². The Morgan fingerprint density at radius 2 is 1.08 bits per heavy atom. The van der Waals surface area contributed by atoms with E-state index < -0.39 is 4.92 Å². The van der Waals surface area contributed by atoms with Gasteiger partial charge in [0.1, 0.15) is 27.8 Å². The quantitative estimate of drug-likeness (QED) is 0.0525. The van der Waals surface area contributed by atoms with Crippen molar-refractivity contribution >= 4 is 73.1 Å². The maximum absolute atomic E-state index is 10.1. The molecule has 1 aliphatic heterocycles. The van der Waals surface area contributed by atoms with Crippen LogP contribution < -0.4 is 0 Å². The number of nitro groups is 1. The number of para-hydroxylation sites is 2. The zero-order chi connectivity index (χ0) is 95.6. The summed E-state index contributed by atoms with van der Waals surface area (Å²) in [5, 5.41) is 25.6. The van der Waals surface area contributed by atoms with Crippen molar-refractivity contribution in [1.29, 1.82) is 0 Å². The van der Waals surface area contributed by atoms with Crippen LogP contribution in [0.3, 0.4) is 0 Å². The standard InChI is InChI=1S/C11H13N.C11H12O.C8H11N.C8H13N.C8H11N.C8H12O.2C8H12S.C7H9NO3.C7H11N.C7H10O.C7H14O.2C7H10S.2CH4/c2*1-8(2)11-7-9-5-3-4-6-10(9)12-11;1-7(2)8-4-3-5-9-6-8;1-7(2)6-8-4-3-5-9-8;1-7(2)8-5-3-4-6-9-8;1-7(2)6-8-4-3-5-9-8;1-7(2)5-8-3-4-9-6-8;1-7(2)6-8-4-3-5-9-8;1-5(2)6-3-4-7(11-6)8(9)10;1-6(2)7-4-3-5-8-7;1-6(2)7-3-4-8-5-7;1-6(2)7-4-3-5-8-7;1-6(2)7-3-4-8-5-7;1-6(2)7-4-3-5-8-7;;/h3-8,12H,1-2H3;3-8H,1-2H3;3-7H,1-2H3;3-5,7,9H,6H2,1-2H3;3-7H,1-2H3;3-5,7H,6H2,1-2H3;3-4,6-7H,5H2,1-2H3;3-5,7H,6H2,1-2H3;3-5H,1-2H3;3-6,8H,1-2H3;3-6H,1-2H3;6-7H,3-5H2,1-2H3;2*3-6H,1-2H3;2*1H4. The Kier molecular flexibility index (Phi) is 63.1. The summed E-state index contributed by atoms with van der Waals surface area (Å²) in [7, 11) is 0. The Hall–Kier alpha value is -9.62. The molecule has 1 fully saturated rings. The van der Waals surface area contributed by atoms with Crippen LogP contribution in [0.25, 0.3) is 21.9 Å². The number of hydrogen-bond donors (Lipinski definition) is 3. The molecule has 15 aromatic rings. The number of aromatic amines is 3. The Morgan fingerprint density at radius 3 is 1.46 bits per heavy atom. The molecule has 1 aliphatic rings. The summed E-state index contributed by atoms with van der Waals surface area (Å²) in [6.07, 6.45) is 22.4. The van der Waals surface area contributed by atoms with Gasteiger partial charge in [0.25, 0.3) is 0 Å². The number of aromatic nitrogens is 5. The number of nitrogens with one attached hydrogen (secondary N) is 3. The van der Waals surface area contributed by atoms with Crippen molar-refractivity contribution in [3.05, 3.63) is 346 Å². The van der Waals surface area contributed by atoms with E-state index in [1.807, 2.05) is 134 Å². The molecule has 1 atom stereocenters. The molecule has 17 heteroatoms. The second-order valence-electron chi connectivity index (χ2n) is 36.8. The highest BCUT2D eigenvalue weighted by atomic mass is 32.1. The average molecular weight is 1860 g/mol. The number of furan rings is 4. The van der Waals surface area contributed by atoms with Gasteiger partial charge in [-0.1, -0.05) is 269 Å². The molecule has 0 bridgehead atoms. The van der Waals surface area contributed by atoms with E-state index in [9.17, 15) is 10.1 Å². The van der Waals surface area contributed by atoms with Crippen LogP contribution in [0.15, 0.2) is 282 Å². The van der Waals surface area contributed by atoms with Gasteiger partial charge in [0, 0.05) is 99.3 Å². The molecule has 13 nitrogen and oxygen atoms in total. The second kappa shape index (κ2) is 69.3. The topological polar surface area (TPSA) is 178 Å². The van der Waals surface area contributed by atoms with Gasteiger partial charge in [-0.15, -0.1) is 22.7 Å². The van der Waals surface area contributed by atoms with Gasteiger partial charge in [-0.2, -0.15) is 22.7 Å². The van der Waals surface area contributed by atoms with Crippen LogP contribution in [-0.4, -0.2) is 42.6 Å². The Labute approximate surface area is 808 Å². The predicted octanol–water partition coefficient (Wildman–Crippen LogP) is 37.5. The second-order valence-corrected chi connectivity index (χ2v) is 40.4. The van der Waals surface area contributed by atoms with Gasteiger partial charge < -0.3 is 37.4 Å². The molecule has 3 N–H and O–H groups in total. The first-order valence-electron chi connectivity index (χ1n) is 46.6. The third-order valence-corrected chi connectivity index (χ3v) is 23.1. The molecule has 0 saturated carbocycles. The summed E-state index contributed by atoms with van der Waals surface area (Å²) < 4.78 is 26.0. The number of ether oxygens (including phenoxy) is 1. The summed E-state index contributed by atoms with van der Waals surface area (Å²) in [6.45, 7) is 61.8. The fourth-order valence-electron chi connectivity index (χ4n) is 12.0. The van der Waals surface area contributed by atoms with Gasteiger partial charge in [0.05, 0.1) is 31.0 Å². The van der Waals surface area contributed by atoms with Crippen molar-refractivity contribution < 1.29 is 27.3 Å². The Morgan fingerprint density at radius 1 is 0.458 bits per heavy atom. The first-order chi connectivity index (χ1) is 61.4. The van der Waals surface area contributed by atoms with Crippen LogP contribution in [-0.2, 0) is 30.4 Å². The lowest BCUT2D eigenvalue weighted by molar-refractivity contribution is -0.402. The minimum atomic E-state index is -0.536. The van der Waals surface area contributed by atoms with Crippen molar-refractivity contribution in [3.8, 4) is 0 Å². The minimum Gasteiger partial charge on any atom is -0.472 e. The largest absolute Gasteiger partial charge is 0.472 e. The molecule has 13 aromatic heterocycles. The van der Waals surface area contributed by atoms with E-state index in [4.69, 9.17) is 22.4 Å². The summed E-state index contributed by atoms with van der Waals surface area (Å²) in [6, 6.07) is 61.1. The maximum Gasteiger partial charge on any atom is 0.433 e. The number of pyridine rings is 2.